The van der Waals surface area contributed by atoms with Gasteiger partial charge in [-0.3, -0.25) is 0 Å². The van der Waals surface area contributed by atoms with E-state index >= 15 is 0 Å². The molecule has 1 unspecified atom stereocenters. The number of rotatable bonds is 6. The molecule has 1 N–H and O–H groups in total. The summed E-state index contributed by atoms with van der Waals surface area (Å²) in [6, 6.07) is 0.428. The second-order valence-electron chi connectivity index (χ2n) is 5.08. The fourth-order valence-corrected chi connectivity index (χ4v) is 3.18. The molecule has 1 heterocycles. The molecule has 4 heteroatoms. The summed E-state index contributed by atoms with van der Waals surface area (Å²) in [5.74, 6) is 0.889. The average Bonchev–Trinajstić information content (AvgIpc) is 2.89. The van der Waals surface area contributed by atoms with Crippen molar-refractivity contribution in [3.8, 4) is 0 Å². The Labute approximate surface area is 108 Å². The van der Waals surface area contributed by atoms with E-state index in [0.29, 0.717) is 6.04 Å². The predicted molar refractivity (Wildman–Crippen MR) is 72.1 cm³/mol. The minimum Gasteiger partial charge on any atom is -0.309 e. The van der Waals surface area contributed by atoms with E-state index in [4.69, 9.17) is 0 Å². The molecular weight excluding hydrogens is 230 g/mol. The Morgan fingerprint density at radius 1 is 1.41 bits per heavy atom. The Morgan fingerprint density at radius 3 is 2.88 bits per heavy atom. The second kappa shape index (κ2) is 7.07. The summed E-state index contributed by atoms with van der Waals surface area (Å²) in [7, 11) is 0. The van der Waals surface area contributed by atoms with E-state index in [1.54, 1.807) is 0 Å². The van der Waals surface area contributed by atoms with Gasteiger partial charge in [0.25, 0.3) is 0 Å². The topological polar surface area (TPSA) is 37.8 Å². The van der Waals surface area contributed by atoms with Crippen LogP contribution in [0.2, 0.25) is 0 Å². The lowest BCUT2D eigenvalue weighted by Crippen LogP contribution is -2.25. The van der Waals surface area contributed by atoms with Gasteiger partial charge in [0.1, 0.15) is 0 Å². The molecule has 17 heavy (non-hydrogen) atoms. The van der Waals surface area contributed by atoms with E-state index < -0.39 is 0 Å². The van der Waals surface area contributed by atoms with Crippen LogP contribution in [0.3, 0.4) is 0 Å². The highest BCUT2D eigenvalue weighted by Gasteiger charge is 2.21. The van der Waals surface area contributed by atoms with Gasteiger partial charge in [-0.1, -0.05) is 39.0 Å². The zero-order valence-corrected chi connectivity index (χ0v) is 11.5. The van der Waals surface area contributed by atoms with Crippen molar-refractivity contribution in [3.63, 3.8) is 0 Å². The van der Waals surface area contributed by atoms with Crippen molar-refractivity contribution in [2.24, 2.45) is 5.92 Å². The van der Waals surface area contributed by atoms with E-state index in [1.807, 2.05) is 6.20 Å². The first kappa shape index (κ1) is 13.0. The van der Waals surface area contributed by atoms with Crippen LogP contribution in [0.5, 0.6) is 0 Å². The SMILES string of the molecule is CCCNC(CC1CCCCC1)c1cnsn1. The summed E-state index contributed by atoms with van der Waals surface area (Å²) < 4.78 is 8.54. The Bertz CT molecular complexity index is 294. The van der Waals surface area contributed by atoms with Crippen molar-refractivity contribution in [2.75, 3.05) is 6.54 Å². The molecular formula is C13H23N3S. The first-order valence-electron chi connectivity index (χ1n) is 6.91. The third-order valence-electron chi connectivity index (χ3n) is 3.67. The van der Waals surface area contributed by atoms with Crippen LogP contribution in [0, 0.1) is 5.92 Å². The molecule has 1 atom stereocenters. The van der Waals surface area contributed by atoms with E-state index in [9.17, 15) is 0 Å². The van der Waals surface area contributed by atoms with Crippen molar-refractivity contribution >= 4 is 11.7 Å². The summed E-state index contributed by atoms with van der Waals surface area (Å²) in [5.41, 5.74) is 1.15. The van der Waals surface area contributed by atoms with E-state index in [1.165, 1.54) is 56.7 Å². The molecule has 0 amide bonds. The molecule has 3 nitrogen and oxygen atoms in total. The Hall–Kier alpha value is -0.480. The molecule has 0 bridgehead atoms. The van der Waals surface area contributed by atoms with Crippen LogP contribution in [0.15, 0.2) is 6.20 Å². The summed E-state index contributed by atoms with van der Waals surface area (Å²) in [6.45, 7) is 3.29. The number of aromatic nitrogens is 2. The molecule has 1 fully saturated rings. The summed E-state index contributed by atoms with van der Waals surface area (Å²) >= 11 is 1.32. The van der Waals surface area contributed by atoms with Crippen molar-refractivity contribution < 1.29 is 0 Å². The van der Waals surface area contributed by atoms with Crippen molar-refractivity contribution in [1.29, 1.82) is 0 Å². The van der Waals surface area contributed by atoms with Crippen LogP contribution in [0.25, 0.3) is 0 Å². The lowest BCUT2D eigenvalue weighted by atomic mass is 9.84. The molecule has 1 aliphatic carbocycles. The van der Waals surface area contributed by atoms with Gasteiger partial charge in [0, 0.05) is 0 Å². The molecule has 0 saturated heterocycles. The smallest absolute Gasteiger partial charge is 0.0912 e. The maximum atomic E-state index is 4.40. The molecule has 1 saturated carbocycles. The summed E-state index contributed by atoms with van der Waals surface area (Å²) in [6.07, 6.45) is 11.4. The van der Waals surface area contributed by atoms with Crippen molar-refractivity contribution in [2.45, 2.75) is 57.9 Å². The van der Waals surface area contributed by atoms with Crippen LogP contribution in [0.1, 0.15) is 63.6 Å². The third kappa shape index (κ3) is 4.03. The van der Waals surface area contributed by atoms with Crippen LogP contribution in [-0.2, 0) is 0 Å². The first-order chi connectivity index (χ1) is 8.40. The van der Waals surface area contributed by atoms with Gasteiger partial charge in [0.2, 0.25) is 0 Å². The lowest BCUT2D eigenvalue weighted by molar-refractivity contribution is 0.298. The number of nitrogens with zero attached hydrogens (tertiary/aromatic N) is 2. The van der Waals surface area contributed by atoms with Crippen molar-refractivity contribution in [1.82, 2.24) is 14.1 Å². The predicted octanol–water partition coefficient (Wildman–Crippen LogP) is 3.55. The largest absolute Gasteiger partial charge is 0.309 e. The van der Waals surface area contributed by atoms with Gasteiger partial charge in [-0.15, -0.1) is 0 Å². The normalized spacial score (nSPS) is 19.4. The summed E-state index contributed by atoms with van der Waals surface area (Å²) in [5, 5.41) is 3.62. The van der Waals surface area contributed by atoms with Gasteiger partial charge >= 0.3 is 0 Å². The molecule has 1 aromatic heterocycles. The molecule has 0 aliphatic heterocycles. The van der Waals surface area contributed by atoms with Crippen LogP contribution in [-0.4, -0.2) is 15.3 Å². The Morgan fingerprint density at radius 2 is 2.24 bits per heavy atom. The standard InChI is InChI=1S/C13H23N3S/c1-2-8-14-12(13-10-15-17-16-13)9-11-6-4-3-5-7-11/h10-12,14H,2-9H2,1H3. The van der Waals surface area contributed by atoms with E-state index in [2.05, 4.69) is 21.0 Å². The molecule has 0 aromatic carbocycles. The van der Waals surface area contributed by atoms with Gasteiger partial charge in [-0.25, -0.2) is 0 Å². The quantitative estimate of drug-likeness (QED) is 0.842. The lowest BCUT2D eigenvalue weighted by Gasteiger charge is -2.26. The van der Waals surface area contributed by atoms with Gasteiger partial charge in [-0.05, 0) is 25.3 Å². The average molecular weight is 253 g/mol. The number of hydrogen-bond acceptors (Lipinski definition) is 4. The van der Waals surface area contributed by atoms with Gasteiger partial charge in [0.05, 0.1) is 29.7 Å². The zero-order valence-electron chi connectivity index (χ0n) is 10.7. The third-order valence-corrected chi connectivity index (χ3v) is 4.16. The summed E-state index contributed by atoms with van der Waals surface area (Å²) in [4.78, 5) is 0. The van der Waals surface area contributed by atoms with E-state index in [0.717, 1.165) is 18.2 Å². The van der Waals surface area contributed by atoms with Gasteiger partial charge < -0.3 is 5.32 Å². The highest BCUT2D eigenvalue weighted by atomic mass is 32.1. The molecule has 96 valence electrons. The van der Waals surface area contributed by atoms with Crippen LogP contribution >= 0.6 is 11.7 Å². The molecule has 1 aliphatic rings. The van der Waals surface area contributed by atoms with Crippen molar-refractivity contribution in [3.05, 3.63) is 11.9 Å². The zero-order chi connectivity index (χ0) is 11.9. The minimum atomic E-state index is 0.428. The molecule has 2 rings (SSSR count). The maximum absolute atomic E-state index is 4.40. The van der Waals surface area contributed by atoms with Gasteiger partial charge in [0.15, 0.2) is 0 Å². The van der Waals surface area contributed by atoms with Crippen LogP contribution < -0.4 is 5.32 Å². The van der Waals surface area contributed by atoms with Gasteiger partial charge in [-0.2, -0.15) is 8.75 Å². The Balaban J connectivity index is 1.90. The molecule has 0 radical (unpaired) electrons. The molecule has 0 spiro atoms. The number of hydrogen-bond donors (Lipinski definition) is 1. The number of nitrogens with one attached hydrogen (secondary N) is 1. The van der Waals surface area contributed by atoms with Crippen LogP contribution in [0.4, 0.5) is 0 Å². The highest BCUT2D eigenvalue weighted by molar-refractivity contribution is 6.99. The maximum Gasteiger partial charge on any atom is 0.0912 e. The fourth-order valence-electron chi connectivity index (χ4n) is 2.71. The molecule has 1 aromatic rings. The highest BCUT2D eigenvalue weighted by Crippen LogP contribution is 2.31. The second-order valence-corrected chi connectivity index (χ2v) is 5.64. The Kier molecular flexibility index (Phi) is 5.39. The fraction of sp³-hybridized carbons (Fsp3) is 0.846. The van der Waals surface area contributed by atoms with E-state index in [-0.39, 0.29) is 0 Å². The monoisotopic (exact) mass is 253 g/mol. The minimum absolute atomic E-state index is 0.428. The first-order valence-corrected chi connectivity index (χ1v) is 7.64.